The van der Waals surface area contributed by atoms with Gasteiger partial charge in [-0.25, -0.2) is 9.80 Å². The summed E-state index contributed by atoms with van der Waals surface area (Å²) in [6.45, 7) is 6.95. The predicted octanol–water partition coefficient (Wildman–Crippen LogP) is 4.12. The molecule has 0 fully saturated rings. The van der Waals surface area contributed by atoms with Crippen LogP contribution in [0.4, 0.5) is 5.69 Å². The van der Waals surface area contributed by atoms with Gasteiger partial charge in [0.25, 0.3) is 0 Å². The van der Waals surface area contributed by atoms with Crippen molar-refractivity contribution in [1.82, 2.24) is 0 Å². The first-order valence-electron chi connectivity index (χ1n) is 7.14. The van der Waals surface area contributed by atoms with Gasteiger partial charge in [0.2, 0.25) is 0 Å². The lowest BCUT2D eigenvalue weighted by atomic mass is 9.96. The lowest BCUT2D eigenvalue weighted by Crippen LogP contribution is -2.22. The molecule has 0 aromatic heterocycles. The molecule has 0 bridgehead atoms. The molecular weight excluding hydrogens is 316 g/mol. The Morgan fingerprint density at radius 3 is 2.61 bits per heavy atom. The Morgan fingerprint density at radius 2 is 2.09 bits per heavy atom. The number of hydrogen-bond acceptors (Lipinski definition) is 5. The SMILES string of the molecule is C/C=N\N(/C=C/Cl)c1ccc(C)c(C2=C(O)C(C)(C)OC2=O)c1. The van der Waals surface area contributed by atoms with Crippen LogP contribution in [0.5, 0.6) is 0 Å². The molecule has 2 rings (SSSR count). The normalized spacial score (nSPS) is 17.3. The van der Waals surface area contributed by atoms with Gasteiger partial charge in [0.05, 0.1) is 5.69 Å². The molecule has 0 saturated heterocycles. The van der Waals surface area contributed by atoms with E-state index in [9.17, 15) is 9.90 Å². The number of benzene rings is 1. The number of carbonyl (C=O) groups excluding carboxylic acids is 1. The van der Waals surface area contributed by atoms with E-state index in [1.165, 1.54) is 5.54 Å². The average molecular weight is 335 g/mol. The summed E-state index contributed by atoms with van der Waals surface area (Å²) in [6.07, 6.45) is 3.21. The van der Waals surface area contributed by atoms with Gasteiger partial charge < -0.3 is 9.84 Å². The maximum atomic E-state index is 12.2. The van der Waals surface area contributed by atoms with Gasteiger partial charge >= 0.3 is 5.97 Å². The number of rotatable bonds is 4. The van der Waals surface area contributed by atoms with Crippen LogP contribution in [0.3, 0.4) is 0 Å². The lowest BCUT2D eigenvalue weighted by Gasteiger charge is -2.16. The second-order valence-electron chi connectivity index (χ2n) is 5.62. The molecule has 0 saturated carbocycles. The Bertz CT molecular complexity index is 709. The van der Waals surface area contributed by atoms with Gasteiger partial charge in [-0.2, -0.15) is 5.10 Å². The third kappa shape index (κ3) is 3.24. The first-order chi connectivity index (χ1) is 10.8. The zero-order valence-corrected chi connectivity index (χ0v) is 14.3. The van der Waals surface area contributed by atoms with E-state index in [0.29, 0.717) is 11.3 Å². The molecule has 1 aliphatic heterocycles. The fourth-order valence-electron chi connectivity index (χ4n) is 2.36. The fraction of sp³-hybridized carbons (Fsp3) is 0.294. The van der Waals surface area contributed by atoms with Crippen LogP contribution in [0.15, 0.2) is 40.8 Å². The van der Waals surface area contributed by atoms with Crippen LogP contribution < -0.4 is 5.01 Å². The number of cyclic esters (lactones) is 1. The quantitative estimate of drug-likeness (QED) is 0.511. The van der Waals surface area contributed by atoms with Gasteiger partial charge in [0, 0.05) is 17.9 Å². The van der Waals surface area contributed by atoms with Crippen molar-refractivity contribution in [3.05, 3.63) is 46.8 Å². The number of aliphatic hydroxyl groups excluding tert-OH is 1. The summed E-state index contributed by atoms with van der Waals surface area (Å²) in [5.74, 6) is -0.604. The van der Waals surface area contributed by atoms with Crippen LogP contribution in [0.2, 0.25) is 0 Å². The molecule has 1 aliphatic rings. The lowest BCUT2D eigenvalue weighted by molar-refractivity contribution is -0.143. The summed E-state index contributed by atoms with van der Waals surface area (Å²) in [7, 11) is 0. The van der Waals surface area contributed by atoms with Crippen LogP contribution in [0.1, 0.15) is 31.9 Å². The number of esters is 1. The van der Waals surface area contributed by atoms with Gasteiger partial charge in [-0.1, -0.05) is 17.7 Å². The van der Waals surface area contributed by atoms with E-state index in [1.54, 1.807) is 44.3 Å². The molecule has 1 heterocycles. The maximum absolute atomic E-state index is 12.2. The minimum absolute atomic E-state index is 0.0684. The highest BCUT2D eigenvalue weighted by atomic mass is 35.5. The number of hydrazone groups is 1. The molecule has 1 aromatic rings. The summed E-state index contributed by atoms with van der Waals surface area (Å²) in [5, 5.41) is 16.1. The van der Waals surface area contributed by atoms with E-state index >= 15 is 0 Å². The van der Waals surface area contributed by atoms with Crippen molar-refractivity contribution < 1.29 is 14.6 Å². The summed E-state index contributed by atoms with van der Waals surface area (Å²) in [5.41, 5.74) is 2.67. The highest BCUT2D eigenvalue weighted by Gasteiger charge is 2.41. The Balaban J connectivity index is 2.59. The molecular formula is C17H19ClN2O3. The molecule has 0 aliphatic carbocycles. The van der Waals surface area contributed by atoms with Crippen molar-refractivity contribution >= 4 is 35.0 Å². The Morgan fingerprint density at radius 1 is 1.39 bits per heavy atom. The van der Waals surface area contributed by atoms with Crippen LogP contribution in [-0.4, -0.2) is 22.9 Å². The minimum atomic E-state index is -1.02. The van der Waals surface area contributed by atoms with Crippen LogP contribution >= 0.6 is 11.6 Å². The molecule has 23 heavy (non-hydrogen) atoms. The van der Waals surface area contributed by atoms with Gasteiger partial charge in [0.15, 0.2) is 11.4 Å². The number of hydrogen-bond donors (Lipinski definition) is 1. The van der Waals surface area contributed by atoms with Crippen molar-refractivity contribution in [2.75, 3.05) is 5.01 Å². The second kappa shape index (κ2) is 6.46. The number of aliphatic hydroxyl groups is 1. The van der Waals surface area contributed by atoms with Crippen LogP contribution in [0, 0.1) is 6.92 Å². The maximum Gasteiger partial charge on any atom is 0.343 e. The first kappa shape index (κ1) is 17.1. The molecule has 0 unspecified atom stereocenters. The van der Waals surface area contributed by atoms with E-state index < -0.39 is 11.6 Å². The van der Waals surface area contributed by atoms with Crippen molar-refractivity contribution in [1.29, 1.82) is 0 Å². The fourth-order valence-corrected chi connectivity index (χ4v) is 2.46. The molecule has 5 nitrogen and oxygen atoms in total. The monoisotopic (exact) mass is 334 g/mol. The summed E-state index contributed by atoms with van der Waals surface area (Å²) < 4.78 is 5.24. The van der Waals surface area contributed by atoms with Crippen molar-refractivity contribution in [2.45, 2.75) is 33.3 Å². The zero-order valence-electron chi connectivity index (χ0n) is 13.5. The summed E-state index contributed by atoms with van der Waals surface area (Å²) in [6, 6.07) is 5.48. The van der Waals surface area contributed by atoms with Crippen molar-refractivity contribution in [2.24, 2.45) is 5.10 Å². The highest BCUT2D eigenvalue weighted by Crippen LogP contribution is 2.38. The summed E-state index contributed by atoms with van der Waals surface area (Å²) in [4.78, 5) is 12.2. The number of aryl methyl sites for hydroxylation is 1. The first-order valence-corrected chi connectivity index (χ1v) is 7.58. The van der Waals surface area contributed by atoms with E-state index in [0.717, 1.165) is 5.56 Å². The molecule has 0 spiro atoms. The third-order valence-electron chi connectivity index (χ3n) is 3.55. The topological polar surface area (TPSA) is 62.1 Å². The van der Waals surface area contributed by atoms with Gasteiger partial charge in [-0.15, -0.1) is 0 Å². The van der Waals surface area contributed by atoms with Crippen LogP contribution in [-0.2, 0) is 9.53 Å². The zero-order chi connectivity index (χ0) is 17.2. The predicted molar refractivity (Wildman–Crippen MR) is 92.5 cm³/mol. The molecule has 0 radical (unpaired) electrons. The summed E-state index contributed by atoms with van der Waals surface area (Å²) >= 11 is 5.64. The molecule has 122 valence electrons. The second-order valence-corrected chi connectivity index (χ2v) is 5.87. The highest BCUT2D eigenvalue weighted by molar-refractivity contribution is 6.25. The number of anilines is 1. The number of carbonyl (C=O) groups is 1. The molecule has 0 amide bonds. The Hall–Kier alpha value is -2.27. The molecule has 1 N–H and O–H groups in total. The van der Waals surface area contributed by atoms with Crippen LogP contribution in [0.25, 0.3) is 5.57 Å². The smallest absolute Gasteiger partial charge is 0.343 e. The van der Waals surface area contributed by atoms with Gasteiger partial charge in [-0.3, -0.25) is 0 Å². The van der Waals surface area contributed by atoms with Gasteiger partial charge in [-0.05, 0) is 51.0 Å². The average Bonchev–Trinajstić information content (AvgIpc) is 2.68. The van der Waals surface area contributed by atoms with Crippen molar-refractivity contribution in [3.8, 4) is 0 Å². The van der Waals surface area contributed by atoms with E-state index in [1.807, 2.05) is 19.1 Å². The molecule has 6 heteroatoms. The Labute approximate surface area is 140 Å². The third-order valence-corrected chi connectivity index (χ3v) is 3.66. The van der Waals surface area contributed by atoms with E-state index in [4.69, 9.17) is 16.3 Å². The molecule has 0 atom stereocenters. The number of ether oxygens (including phenoxy) is 1. The molecule has 1 aromatic carbocycles. The van der Waals surface area contributed by atoms with Gasteiger partial charge in [0.1, 0.15) is 5.57 Å². The van der Waals surface area contributed by atoms with E-state index in [-0.39, 0.29) is 11.3 Å². The minimum Gasteiger partial charge on any atom is -0.507 e. The van der Waals surface area contributed by atoms with E-state index in [2.05, 4.69) is 5.10 Å². The van der Waals surface area contributed by atoms with Crippen molar-refractivity contribution in [3.63, 3.8) is 0 Å². The largest absolute Gasteiger partial charge is 0.507 e. The number of halogens is 1. The standard InChI is InChI=1S/C17H19ClN2O3/c1-5-19-20(9-8-18)12-7-6-11(2)13(10-12)14-15(21)17(3,4)23-16(14)22/h5-10,21H,1-4H3/b9-8+,19-5-. The number of nitrogens with zero attached hydrogens (tertiary/aromatic N) is 2. The Kier molecular flexibility index (Phi) is 4.80.